The number of likely N-dealkylation sites (N-methyl/N-ethyl adjacent to an activating group) is 1. The largest absolute Gasteiger partial charge is 0.372 e. The fraction of sp³-hybridized carbons (Fsp3) is 0.316. The molecule has 0 saturated carbocycles. The second-order valence-electron chi connectivity index (χ2n) is 5.56. The minimum absolute atomic E-state index is 0.756. The average molecular weight is 321 g/mol. The molecule has 1 N–H and O–H groups in total. The molecule has 0 spiro atoms. The highest BCUT2D eigenvalue weighted by Gasteiger charge is 2.11. The maximum absolute atomic E-state index is 4.73. The summed E-state index contributed by atoms with van der Waals surface area (Å²) in [5, 5.41) is 3.12. The second kappa shape index (κ2) is 7.25. The molecule has 0 aromatic carbocycles. The Labute approximate surface area is 142 Å². The van der Waals surface area contributed by atoms with Gasteiger partial charge in [-0.1, -0.05) is 18.2 Å². The van der Waals surface area contributed by atoms with Crippen LogP contribution < -0.4 is 5.32 Å². The number of nitrogens with zero attached hydrogens (tertiary/aromatic N) is 4. The van der Waals surface area contributed by atoms with Gasteiger partial charge in [-0.15, -0.1) is 0 Å². The Kier molecular flexibility index (Phi) is 4.89. The van der Waals surface area contributed by atoms with Gasteiger partial charge in [-0.05, 0) is 38.0 Å². The van der Waals surface area contributed by atoms with Gasteiger partial charge in [0, 0.05) is 38.2 Å². The summed E-state index contributed by atoms with van der Waals surface area (Å²) in [5.74, 6) is 0.756. The van der Waals surface area contributed by atoms with Gasteiger partial charge in [-0.25, -0.2) is 9.97 Å². The van der Waals surface area contributed by atoms with Crippen molar-refractivity contribution in [3.05, 3.63) is 54.2 Å². The van der Waals surface area contributed by atoms with Gasteiger partial charge >= 0.3 is 0 Å². The lowest BCUT2D eigenvalue weighted by Crippen LogP contribution is -2.20. The summed E-state index contributed by atoms with van der Waals surface area (Å²) >= 11 is 0. The summed E-state index contributed by atoms with van der Waals surface area (Å²) < 4.78 is 0. The third-order valence-electron chi connectivity index (χ3n) is 4.22. The minimum atomic E-state index is 0.756. The van der Waals surface area contributed by atoms with Gasteiger partial charge in [0.1, 0.15) is 5.52 Å². The zero-order chi connectivity index (χ0) is 16.9. The van der Waals surface area contributed by atoms with E-state index in [9.17, 15) is 0 Å². The molecular weight excluding hydrogens is 298 g/mol. The molecule has 0 fully saturated rings. The quantitative estimate of drug-likeness (QED) is 0.911. The number of nitrogens with one attached hydrogen (secondary N) is 1. The molecule has 5 nitrogen and oxygen atoms in total. The first-order valence-electron chi connectivity index (χ1n) is 8.40. The van der Waals surface area contributed by atoms with E-state index in [0.717, 1.165) is 47.6 Å². The van der Waals surface area contributed by atoms with Crippen molar-refractivity contribution in [2.24, 2.45) is 0 Å². The van der Waals surface area contributed by atoms with Crippen LogP contribution in [-0.4, -0.2) is 40.0 Å². The van der Waals surface area contributed by atoms with Crippen molar-refractivity contribution in [3.8, 4) is 0 Å². The molecule has 5 heteroatoms. The number of aromatic nitrogens is 3. The van der Waals surface area contributed by atoms with Crippen LogP contribution in [0.1, 0.15) is 26.0 Å². The third-order valence-corrected chi connectivity index (χ3v) is 4.22. The zero-order valence-corrected chi connectivity index (χ0v) is 14.5. The van der Waals surface area contributed by atoms with Crippen LogP contribution in [0.2, 0.25) is 0 Å². The summed E-state index contributed by atoms with van der Waals surface area (Å²) in [5.41, 5.74) is 4.93. The van der Waals surface area contributed by atoms with Crippen LogP contribution in [0.15, 0.2) is 48.5 Å². The topological polar surface area (TPSA) is 53.9 Å². The van der Waals surface area contributed by atoms with Crippen molar-refractivity contribution in [1.82, 2.24) is 19.9 Å². The minimum Gasteiger partial charge on any atom is -0.372 e. The van der Waals surface area contributed by atoms with Crippen LogP contribution in [0.5, 0.6) is 0 Å². The van der Waals surface area contributed by atoms with Gasteiger partial charge < -0.3 is 10.2 Å². The molecule has 0 bridgehead atoms. The van der Waals surface area contributed by atoms with E-state index in [1.165, 1.54) is 5.70 Å². The van der Waals surface area contributed by atoms with Gasteiger partial charge in [-0.3, -0.25) is 4.98 Å². The molecular formula is C19H23N5. The van der Waals surface area contributed by atoms with Crippen molar-refractivity contribution in [1.29, 1.82) is 0 Å². The van der Waals surface area contributed by atoms with Gasteiger partial charge in [0.15, 0.2) is 5.82 Å². The van der Waals surface area contributed by atoms with E-state index in [1.807, 2.05) is 13.1 Å². The first-order valence-corrected chi connectivity index (χ1v) is 8.40. The van der Waals surface area contributed by atoms with Gasteiger partial charge in [0.25, 0.3) is 0 Å². The molecule has 124 valence electrons. The highest BCUT2D eigenvalue weighted by atomic mass is 15.1. The Morgan fingerprint density at radius 1 is 1.08 bits per heavy atom. The highest BCUT2D eigenvalue weighted by molar-refractivity contribution is 5.89. The SMILES string of the molecule is CCN(CC)C1=CCC=C(c2cc3nccnc3c(NC)n2)C=C1. The monoisotopic (exact) mass is 321 g/mol. The zero-order valence-electron chi connectivity index (χ0n) is 14.5. The molecule has 0 aliphatic heterocycles. The van der Waals surface area contributed by atoms with E-state index >= 15 is 0 Å². The van der Waals surface area contributed by atoms with Crippen molar-refractivity contribution in [2.75, 3.05) is 25.5 Å². The Bertz CT molecular complexity index is 816. The van der Waals surface area contributed by atoms with Gasteiger partial charge in [0.2, 0.25) is 0 Å². The summed E-state index contributed by atoms with van der Waals surface area (Å²) in [6.45, 7) is 6.38. The van der Waals surface area contributed by atoms with Crippen LogP contribution in [-0.2, 0) is 0 Å². The normalized spacial score (nSPS) is 14.1. The number of fused-ring (bicyclic) bond motifs is 1. The molecule has 0 amide bonds. The lowest BCUT2D eigenvalue weighted by Gasteiger charge is -2.21. The molecule has 3 rings (SSSR count). The predicted octanol–water partition coefficient (Wildman–Crippen LogP) is 3.64. The van der Waals surface area contributed by atoms with E-state index in [2.05, 4.69) is 58.3 Å². The second-order valence-corrected chi connectivity index (χ2v) is 5.56. The number of pyridine rings is 1. The molecule has 1 aliphatic carbocycles. The van der Waals surface area contributed by atoms with Crippen LogP contribution in [0.25, 0.3) is 16.6 Å². The van der Waals surface area contributed by atoms with Crippen molar-refractivity contribution < 1.29 is 0 Å². The summed E-state index contributed by atoms with van der Waals surface area (Å²) in [6, 6.07) is 2.00. The molecule has 0 radical (unpaired) electrons. The summed E-state index contributed by atoms with van der Waals surface area (Å²) in [4.78, 5) is 15.9. The van der Waals surface area contributed by atoms with E-state index in [1.54, 1.807) is 12.4 Å². The standard InChI is InChI=1S/C19H23N5/c1-4-24(5-2)15-8-6-7-14(9-10-15)16-13-17-18(19(20-3)23-16)22-12-11-21-17/h7-13H,4-6H2,1-3H3,(H,20,23). The highest BCUT2D eigenvalue weighted by Crippen LogP contribution is 2.25. The Hall–Kier alpha value is -2.69. The van der Waals surface area contributed by atoms with Gasteiger partial charge in [-0.2, -0.15) is 0 Å². The lowest BCUT2D eigenvalue weighted by molar-refractivity contribution is 0.393. The van der Waals surface area contributed by atoms with Crippen LogP contribution >= 0.6 is 0 Å². The Morgan fingerprint density at radius 2 is 1.88 bits per heavy atom. The molecule has 0 saturated heterocycles. The first-order chi connectivity index (χ1) is 11.8. The molecule has 2 aromatic heterocycles. The molecule has 0 unspecified atom stereocenters. The number of hydrogen-bond donors (Lipinski definition) is 1. The van der Waals surface area contributed by atoms with E-state index < -0.39 is 0 Å². The van der Waals surface area contributed by atoms with E-state index in [4.69, 9.17) is 4.98 Å². The number of allylic oxidation sites excluding steroid dienone is 5. The maximum atomic E-state index is 4.73. The Balaban J connectivity index is 1.97. The molecule has 2 aromatic rings. The summed E-state index contributed by atoms with van der Waals surface area (Å²) in [6.07, 6.45) is 13.1. The fourth-order valence-corrected chi connectivity index (χ4v) is 2.93. The van der Waals surface area contributed by atoms with E-state index in [-0.39, 0.29) is 0 Å². The molecule has 0 atom stereocenters. The predicted molar refractivity (Wildman–Crippen MR) is 99.6 cm³/mol. The number of rotatable bonds is 5. The fourth-order valence-electron chi connectivity index (χ4n) is 2.93. The molecule has 2 heterocycles. The first kappa shape index (κ1) is 16.2. The van der Waals surface area contributed by atoms with E-state index in [0.29, 0.717) is 0 Å². The smallest absolute Gasteiger partial charge is 0.154 e. The molecule has 1 aliphatic rings. The maximum Gasteiger partial charge on any atom is 0.154 e. The van der Waals surface area contributed by atoms with Crippen molar-refractivity contribution in [2.45, 2.75) is 20.3 Å². The number of anilines is 1. The summed E-state index contributed by atoms with van der Waals surface area (Å²) in [7, 11) is 1.86. The Morgan fingerprint density at radius 3 is 2.62 bits per heavy atom. The van der Waals surface area contributed by atoms with Crippen molar-refractivity contribution in [3.63, 3.8) is 0 Å². The van der Waals surface area contributed by atoms with Crippen molar-refractivity contribution >= 4 is 22.4 Å². The molecule has 24 heavy (non-hydrogen) atoms. The van der Waals surface area contributed by atoms with Crippen LogP contribution in [0.3, 0.4) is 0 Å². The van der Waals surface area contributed by atoms with Gasteiger partial charge in [0.05, 0.1) is 11.2 Å². The number of hydrogen-bond acceptors (Lipinski definition) is 5. The lowest BCUT2D eigenvalue weighted by atomic mass is 10.1. The third kappa shape index (κ3) is 3.15. The average Bonchev–Trinajstić information content (AvgIpc) is 2.88. The van der Waals surface area contributed by atoms with Crippen LogP contribution in [0, 0.1) is 0 Å². The van der Waals surface area contributed by atoms with Crippen LogP contribution in [0.4, 0.5) is 5.82 Å².